The first kappa shape index (κ1) is 22.1. The number of aromatic carboxylic acids is 1. The van der Waals surface area contributed by atoms with Crippen LogP contribution in [-0.2, 0) is 4.79 Å². The molecule has 0 bridgehead atoms. The van der Waals surface area contributed by atoms with Crippen LogP contribution in [0.3, 0.4) is 0 Å². The third kappa shape index (κ3) is 6.47. The number of rotatable bonds is 9. The van der Waals surface area contributed by atoms with Crippen LogP contribution in [0.1, 0.15) is 42.1 Å². The van der Waals surface area contributed by atoms with E-state index < -0.39 is 5.97 Å². The summed E-state index contributed by atoms with van der Waals surface area (Å²) in [6.07, 6.45) is 4.85. The summed E-state index contributed by atoms with van der Waals surface area (Å²) in [5.74, 6) is 0.0289. The molecule has 164 valence electrons. The number of carboxylic acids is 1. The van der Waals surface area contributed by atoms with Crippen LogP contribution in [0.5, 0.6) is 11.5 Å². The zero-order valence-corrected chi connectivity index (χ0v) is 17.5. The lowest BCUT2D eigenvalue weighted by molar-refractivity contribution is -0.134. The van der Waals surface area contributed by atoms with Gasteiger partial charge in [-0.05, 0) is 68.1 Å². The van der Waals surface area contributed by atoms with Crippen LogP contribution in [0.2, 0.25) is 0 Å². The number of hydrogen-bond donors (Lipinski definition) is 2. The van der Waals surface area contributed by atoms with Gasteiger partial charge in [-0.2, -0.15) is 5.10 Å². The Balaban J connectivity index is 1.62. The number of carboxylic acid groups (broad SMARTS) is 1. The van der Waals surface area contributed by atoms with Crippen molar-refractivity contribution in [3.05, 3.63) is 53.6 Å². The molecule has 0 atom stereocenters. The van der Waals surface area contributed by atoms with Gasteiger partial charge in [0.1, 0.15) is 0 Å². The Bertz CT molecular complexity index is 939. The van der Waals surface area contributed by atoms with E-state index in [-0.39, 0.29) is 18.1 Å². The molecule has 1 saturated heterocycles. The Morgan fingerprint density at radius 1 is 1.10 bits per heavy atom. The van der Waals surface area contributed by atoms with Gasteiger partial charge in [0, 0.05) is 13.1 Å². The predicted molar refractivity (Wildman–Crippen MR) is 118 cm³/mol. The standard InChI is InChI=1S/C23H27N3O5/c1-2-30-21-13-17(15-24-25-19-8-6-7-18(14-19)23(28)29)9-10-20(21)31-16-22(27)26-11-4-3-5-12-26/h6-10,13-15,25H,2-5,11-12,16H2,1H3,(H,28,29). The van der Waals surface area contributed by atoms with Crippen molar-refractivity contribution in [3.8, 4) is 11.5 Å². The maximum Gasteiger partial charge on any atom is 0.335 e. The fraction of sp³-hybridized carbons (Fsp3) is 0.348. The third-order valence-corrected chi connectivity index (χ3v) is 4.84. The van der Waals surface area contributed by atoms with Gasteiger partial charge in [-0.3, -0.25) is 10.2 Å². The highest BCUT2D eigenvalue weighted by Crippen LogP contribution is 2.28. The van der Waals surface area contributed by atoms with E-state index in [1.165, 1.54) is 18.6 Å². The highest BCUT2D eigenvalue weighted by molar-refractivity contribution is 5.89. The average Bonchev–Trinajstić information content (AvgIpc) is 2.79. The lowest BCUT2D eigenvalue weighted by atomic mass is 10.1. The van der Waals surface area contributed by atoms with E-state index in [1.54, 1.807) is 30.5 Å². The van der Waals surface area contributed by atoms with Crippen molar-refractivity contribution in [2.45, 2.75) is 26.2 Å². The topological polar surface area (TPSA) is 100 Å². The smallest absolute Gasteiger partial charge is 0.335 e. The van der Waals surface area contributed by atoms with Gasteiger partial charge in [-0.25, -0.2) is 4.79 Å². The Morgan fingerprint density at radius 3 is 2.65 bits per heavy atom. The predicted octanol–water partition coefficient (Wildman–Crippen LogP) is 3.62. The summed E-state index contributed by atoms with van der Waals surface area (Å²) in [5, 5.41) is 13.2. The average molecular weight is 425 g/mol. The molecule has 31 heavy (non-hydrogen) atoms. The van der Waals surface area contributed by atoms with Crippen molar-refractivity contribution < 1.29 is 24.2 Å². The molecule has 1 heterocycles. The highest BCUT2D eigenvalue weighted by Gasteiger charge is 2.17. The monoisotopic (exact) mass is 425 g/mol. The molecular weight excluding hydrogens is 398 g/mol. The van der Waals surface area contributed by atoms with Crippen LogP contribution in [0.4, 0.5) is 5.69 Å². The van der Waals surface area contributed by atoms with E-state index in [4.69, 9.17) is 14.6 Å². The molecule has 3 rings (SSSR count). The van der Waals surface area contributed by atoms with E-state index >= 15 is 0 Å². The highest BCUT2D eigenvalue weighted by atomic mass is 16.5. The summed E-state index contributed by atoms with van der Waals surface area (Å²) >= 11 is 0. The van der Waals surface area contributed by atoms with Crippen LogP contribution in [0, 0.1) is 0 Å². The molecule has 2 aromatic carbocycles. The molecule has 1 fully saturated rings. The van der Waals surface area contributed by atoms with E-state index in [0.717, 1.165) is 31.5 Å². The maximum atomic E-state index is 12.3. The first-order valence-electron chi connectivity index (χ1n) is 10.4. The molecule has 0 spiro atoms. The molecular formula is C23H27N3O5. The van der Waals surface area contributed by atoms with Crippen LogP contribution in [-0.4, -0.2) is 54.4 Å². The lowest BCUT2D eigenvalue weighted by Gasteiger charge is -2.26. The van der Waals surface area contributed by atoms with Crippen molar-refractivity contribution in [3.63, 3.8) is 0 Å². The second-order valence-electron chi connectivity index (χ2n) is 7.13. The number of piperidine rings is 1. The molecule has 0 saturated carbocycles. The molecule has 0 unspecified atom stereocenters. The van der Waals surface area contributed by atoms with E-state index in [1.807, 2.05) is 17.9 Å². The minimum atomic E-state index is -0.997. The fourth-order valence-electron chi connectivity index (χ4n) is 3.27. The van der Waals surface area contributed by atoms with Gasteiger partial charge in [0.15, 0.2) is 18.1 Å². The number of ether oxygens (including phenoxy) is 2. The SMILES string of the molecule is CCOc1cc(C=NNc2cccc(C(=O)O)c2)ccc1OCC(=O)N1CCCCC1. The Morgan fingerprint density at radius 2 is 1.90 bits per heavy atom. The summed E-state index contributed by atoms with van der Waals surface area (Å²) in [7, 11) is 0. The van der Waals surface area contributed by atoms with Gasteiger partial charge in [-0.1, -0.05) is 6.07 Å². The molecule has 0 radical (unpaired) electrons. The van der Waals surface area contributed by atoms with Crippen LogP contribution >= 0.6 is 0 Å². The Kier molecular flexibility index (Phi) is 7.86. The Hall–Kier alpha value is -3.55. The molecule has 8 heteroatoms. The quantitative estimate of drug-likeness (QED) is 0.470. The summed E-state index contributed by atoms with van der Waals surface area (Å²) < 4.78 is 11.4. The number of carbonyl (C=O) groups is 2. The second kappa shape index (κ2) is 11.0. The number of nitrogens with one attached hydrogen (secondary N) is 1. The number of benzene rings is 2. The number of nitrogens with zero attached hydrogens (tertiary/aromatic N) is 2. The fourth-order valence-corrected chi connectivity index (χ4v) is 3.27. The molecule has 1 aliphatic heterocycles. The zero-order chi connectivity index (χ0) is 22.1. The van der Waals surface area contributed by atoms with Gasteiger partial charge >= 0.3 is 5.97 Å². The first-order valence-corrected chi connectivity index (χ1v) is 10.4. The van der Waals surface area contributed by atoms with Crippen LogP contribution in [0.15, 0.2) is 47.6 Å². The summed E-state index contributed by atoms with van der Waals surface area (Å²) in [6.45, 7) is 3.89. The van der Waals surface area contributed by atoms with Gasteiger partial charge in [0.05, 0.1) is 24.1 Å². The largest absolute Gasteiger partial charge is 0.490 e. The molecule has 0 aromatic heterocycles. The van der Waals surface area contributed by atoms with Gasteiger partial charge < -0.3 is 19.5 Å². The number of likely N-dealkylation sites (tertiary alicyclic amines) is 1. The summed E-state index contributed by atoms with van der Waals surface area (Å²) in [5.41, 5.74) is 4.33. The zero-order valence-electron chi connectivity index (χ0n) is 17.5. The second-order valence-corrected chi connectivity index (χ2v) is 7.13. The van der Waals surface area contributed by atoms with Gasteiger partial charge in [0.2, 0.25) is 0 Å². The first-order chi connectivity index (χ1) is 15.1. The minimum Gasteiger partial charge on any atom is -0.490 e. The molecule has 1 amide bonds. The van der Waals surface area contributed by atoms with Crippen molar-refractivity contribution in [2.75, 3.05) is 31.7 Å². The molecule has 2 N–H and O–H groups in total. The Labute approximate surface area is 181 Å². The van der Waals surface area contributed by atoms with Crippen molar-refractivity contribution in [1.82, 2.24) is 4.90 Å². The maximum absolute atomic E-state index is 12.3. The van der Waals surface area contributed by atoms with Crippen LogP contribution in [0.25, 0.3) is 0 Å². The molecule has 8 nitrogen and oxygen atoms in total. The van der Waals surface area contributed by atoms with E-state index in [2.05, 4.69) is 10.5 Å². The molecule has 2 aromatic rings. The van der Waals surface area contributed by atoms with Crippen molar-refractivity contribution >= 4 is 23.8 Å². The van der Waals surface area contributed by atoms with Gasteiger partial charge in [-0.15, -0.1) is 0 Å². The van der Waals surface area contributed by atoms with Crippen molar-refractivity contribution in [1.29, 1.82) is 0 Å². The van der Waals surface area contributed by atoms with Crippen molar-refractivity contribution in [2.24, 2.45) is 5.10 Å². The normalized spacial score (nSPS) is 13.8. The van der Waals surface area contributed by atoms with Crippen LogP contribution < -0.4 is 14.9 Å². The van der Waals surface area contributed by atoms with Gasteiger partial charge in [0.25, 0.3) is 5.91 Å². The number of amides is 1. The lowest BCUT2D eigenvalue weighted by Crippen LogP contribution is -2.38. The number of anilines is 1. The number of carbonyl (C=O) groups excluding carboxylic acids is 1. The molecule has 0 aliphatic carbocycles. The third-order valence-electron chi connectivity index (χ3n) is 4.84. The summed E-state index contributed by atoms with van der Waals surface area (Å²) in [6, 6.07) is 11.7. The summed E-state index contributed by atoms with van der Waals surface area (Å²) in [4.78, 5) is 25.2. The number of hydrazone groups is 1. The van der Waals surface area contributed by atoms with E-state index in [0.29, 0.717) is 23.8 Å². The molecule has 1 aliphatic rings. The van der Waals surface area contributed by atoms with E-state index in [9.17, 15) is 9.59 Å². The number of hydrogen-bond acceptors (Lipinski definition) is 6. The minimum absolute atomic E-state index is 0.0134.